The second-order valence-corrected chi connectivity index (χ2v) is 5.98. The molecular weight excluding hydrogens is 244 g/mol. The molecular formula is C14H28N2O3. The quantitative estimate of drug-likeness (QED) is 0.519. The number of ether oxygens (including phenoxy) is 1. The molecule has 19 heavy (non-hydrogen) atoms. The van der Waals surface area contributed by atoms with Gasteiger partial charge in [0, 0.05) is 11.5 Å². The Bertz CT molecular complexity index is 283. The summed E-state index contributed by atoms with van der Waals surface area (Å²) in [7, 11) is 0. The lowest BCUT2D eigenvalue weighted by Crippen LogP contribution is -2.38. The van der Waals surface area contributed by atoms with E-state index in [-0.39, 0.29) is 24.5 Å². The Morgan fingerprint density at radius 3 is 2.37 bits per heavy atom. The molecule has 0 saturated carbocycles. The highest BCUT2D eigenvalue weighted by molar-refractivity contribution is 5.85. The minimum absolute atomic E-state index is 0.0596. The van der Waals surface area contributed by atoms with Crippen LogP contribution in [-0.2, 0) is 14.3 Å². The van der Waals surface area contributed by atoms with Gasteiger partial charge in [-0.25, -0.2) is 0 Å². The molecule has 1 amide bonds. The van der Waals surface area contributed by atoms with Crippen molar-refractivity contribution in [1.82, 2.24) is 5.32 Å². The zero-order chi connectivity index (χ0) is 14.9. The maximum absolute atomic E-state index is 11.5. The van der Waals surface area contributed by atoms with Crippen LogP contribution in [0.5, 0.6) is 0 Å². The molecule has 0 fully saturated rings. The Morgan fingerprint density at radius 2 is 1.84 bits per heavy atom. The van der Waals surface area contributed by atoms with Gasteiger partial charge in [-0.3, -0.25) is 9.59 Å². The van der Waals surface area contributed by atoms with Crippen molar-refractivity contribution in [2.24, 2.45) is 11.1 Å². The van der Waals surface area contributed by atoms with E-state index in [1.54, 1.807) is 20.8 Å². The molecule has 0 rings (SSSR count). The molecule has 0 aliphatic heterocycles. The standard InChI is InChI=1S/C14H28N2O3/c1-11(15)8-6-5-7-9-19-12(17)10-16-13(18)14(2,3)4/h11H,5-10,15H2,1-4H3,(H,16,18). The number of hydrogen-bond acceptors (Lipinski definition) is 4. The van der Waals surface area contributed by atoms with Gasteiger partial charge in [0.1, 0.15) is 6.54 Å². The predicted molar refractivity (Wildman–Crippen MR) is 75.5 cm³/mol. The van der Waals surface area contributed by atoms with Crippen LogP contribution in [0.4, 0.5) is 0 Å². The third kappa shape index (κ3) is 10.5. The van der Waals surface area contributed by atoms with Gasteiger partial charge < -0.3 is 15.8 Å². The van der Waals surface area contributed by atoms with E-state index in [0.717, 1.165) is 25.7 Å². The summed E-state index contributed by atoms with van der Waals surface area (Å²) in [5.74, 6) is -0.536. The molecule has 0 aromatic heterocycles. The number of nitrogens with one attached hydrogen (secondary N) is 1. The van der Waals surface area contributed by atoms with E-state index >= 15 is 0 Å². The van der Waals surface area contributed by atoms with E-state index in [1.807, 2.05) is 6.92 Å². The van der Waals surface area contributed by atoms with Crippen molar-refractivity contribution in [2.75, 3.05) is 13.2 Å². The van der Waals surface area contributed by atoms with Crippen molar-refractivity contribution in [2.45, 2.75) is 59.4 Å². The molecule has 0 saturated heterocycles. The molecule has 0 aliphatic rings. The molecule has 3 N–H and O–H groups in total. The first-order valence-corrected chi connectivity index (χ1v) is 6.93. The lowest BCUT2D eigenvalue weighted by molar-refractivity contribution is -0.144. The summed E-state index contributed by atoms with van der Waals surface area (Å²) < 4.78 is 5.03. The Labute approximate surface area is 116 Å². The fourth-order valence-electron chi connectivity index (χ4n) is 1.40. The summed E-state index contributed by atoms with van der Waals surface area (Å²) in [6.07, 6.45) is 3.89. The summed E-state index contributed by atoms with van der Waals surface area (Å²) in [6.45, 7) is 7.72. The molecule has 1 unspecified atom stereocenters. The Morgan fingerprint density at radius 1 is 1.21 bits per heavy atom. The number of hydrogen-bond donors (Lipinski definition) is 2. The van der Waals surface area contributed by atoms with Gasteiger partial charge in [0.05, 0.1) is 6.61 Å². The van der Waals surface area contributed by atoms with Gasteiger partial charge in [-0.1, -0.05) is 33.6 Å². The zero-order valence-corrected chi connectivity index (χ0v) is 12.6. The largest absolute Gasteiger partial charge is 0.464 e. The van der Waals surface area contributed by atoms with Crippen LogP contribution in [0.2, 0.25) is 0 Å². The molecule has 0 heterocycles. The van der Waals surface area contributed by atoms with Gasteiger partial charge in [-0.2, -0.15) is 0 Å². The average molecular weight is 272 g/mol. The van der Waals surface area contributed by atoms with Gasteiger partial charge in [-0.05, 0) is 19.8 Å². The fraction of sp³-hybridized carbons (Fsp3) is 0.857. The molecule has 112 valence electrons. The second-order valence-electron chi connectivity index (χ2n) is 5.98. The van der Waals surface area contributed by atoms with Crippen molar-refractivity contribution in [1.29, 1.82) is 0 Å². The highest BCUT2D eigenvalue weighted by atomic mass is 16.5. The van der Waals surface area contributed by atoms with Crippen molar-refractivity contribution in [3.05, 3.63) is 0 Å². The highest BCUT2D eigenvalue weighted by Crippen LogP contribution is 2.11. The molecule has 0 radical (unpaired) electrons. The van der Waals surface area contributed by atoms with Crippen LogP contribution in [0.1, 0.15) is 53.4 Å². The second kappa shape index (κ2) is 8.91. The third-order valence-electron chi connectivity index (χ3n) is 2.64. The van der Waals surface area contributed by atoms with E-state index in [4.69, 9.17) is 10.5 Å². The Hall–Kier alpha value is -1.10. The number of rotatable bonds is 8. The molecule has 5 heteroatoms. The van der Waals surface area contributed by atoms with Crippen LogP contribution in [-0.4, -0.2) is 31.1 Å². The summed E-state index contributed by atoms with van der Waals surface area (Å²) in [5, 5.41) is 2.56. The van der Waals surface area contributed by atoms with Crippen molar-refractivity contribution in [3.8, 4) is 0 Å². The van der Waals surface area contributed by atoms with Crippen LogP contribution in [0.15, 0.2) is 0 Å². The minimum atomic E-state index is -0.487. The summed E-state index contributed by atoms with van der Waals surface area (Å²) in [6, 6.07) is 0.232. The number of nitrogens with two attached hydrogens (primary N) is 1. The van der Waals surface area contributed by atoms with Gasteiger partial charge in [0.15, 0.2) is 0 Å². The minimum Gasteiger partial charge on any atom is -0.464 e. The van der Waals surface area contributed by atoms with E-state index in [2.05, 4.69) is 5.32 Å². The molecule has 1 atom stereocenters. The SMILES string of the molecule is CC(N)CCCCCOC(=O)CNC(=O)C(C)(C)C. The number of carbonyl (C=O) groups excluding carboxylic acids is 2. The van der Waals surface area contributed by atoms with Gasteiger partial charge in [0.25, 0.3) is 0 Å². The van der Waals surface area contributed by atoms with E-state index < -0.39 is 5.41 Å². The number of unbranched alkanes of at least 4 members (excludes halogenated alkanes) is 2. The number of carbonyl (C=O) groups is 2. The predicted octanol–water partition coefficient (Wildman–Crippen LogP) is 1.60. The normalized spacial score (nSPS) is 12.9. The van der Waals surface area contributed by atoms with E-state index in [1.165, 1.54) is 0 Å². The van der Waals surface area contributed by atoms with Gasteiger partial charge in [0.2, 0.25) is 5.91 Å². The van der Waals surface area contributed by atoms with Crippen molar-refractivity contribution >= 4 is 11.9 Å². The highest BCUT2D eigenvalue weighted by Gasteiger charge is 2.21. The van der Waals surface area contributed by atoms with E-state index in [9.17, 15) is 9.59 Å². The first-order valence-electron chi connectivity index (χ1n) is 6.93. The summed E-state index contributed by atoms with van der Waals surface area (Å²) in [5.41, 5.74) is 5.15. The van der Waals surface area contributed by atoms with Crippen LogP contribution in [0, 0.1) is 5.41 Å². The van der Waals surface area contributed by atoms with E-state index in [0.29, 0.717) is 6.61 Å². The molecule has 5 nitrogen and oxygen atoms in total. The average Bonchev–Trinajstić information content (AvgIpc) is 2.28. The topological polar surface area (TPSA) is 81.4 Å². The number of esters is 1. The van der Waals surface area contributed by atoms with Gasteiger partial charge >= 0.3 is 5.97 Å². The molecule has 0 bridgehead atoms. The van der Waals surface area contributed by atoms with Crippen molar-refractivity contribution in [3.63, 3.8) is 0 Å². The molecule has 0 aromatic carbocycles. The summed E-state index contributed by atoms with van der Waals surface area (Å²) >= 11 is 0. The Balaban J connectivity index is 3.53. The lowest BCUT2D eigenvalue weighted by atomic mass is 9.96. The smallest absolute Gasteiger partial charge is 0.325 e. The first-order chi connectivity index (χ1) is 8.73. The maximum Gasteiger partial charge on any atom is 0.325 e. The monoisotopic (exact) mass is 272 g/mol. The summed E-state index contributed by atoms with van der Waals surface area (Å²) in [4.78, 5) is 22.9. The van der Waals surface area contributed by atoms with Crippen molar-refractivity contribution < 1.29 is 14.3 Å². The van der Waals surface area contributed by atoms with Crippen LogP contribution >= 0.6 is 0 Å². The maximum atomic E-state index is 11.5. The third-order valence-corrected chi connectivity index (χ3v) is 2.64. The Kier molecular flexibility index (Phi) is 8.39. The van der Waals surface area contributed by atoms with Gasteiger partial charge in [-0.15, -0.1) is 0 Å². The molecule has 0 aromatic rings. The van der Waals surface area contributed by atoms with Crippen LogP contribution in [0.3, 0.4) is 0 Å². The van der Waals surface area contributed by atoms with Crippen LogP contribution < -0.4 is 11.1 Å². The number of amides is 1. The molecule has 0 aliphatic carbocycles. The fourth-order valence-corrected chi connectivity index (χ4v) is 1.40. The zero-order valence-electron chi connectivity index (χ0n) is 12.6. The first kappa shape index (κ1) is 17.9. The lowest BCUT2D eigenvalue weighted by Gasteiger charge is -2.17. The van der Waals surface area contributed by atoms with Crippen LogP contribution in [0.25, 0.3) is 0 Å². The molecule has 0 spiro atoms.